The van der Waals surface area contributed by atoms with Crippen molar-refractivity contribution in [2.45, 2.75) is 13.0 Å². The Kier molecular flexibility index (Phi) is 7.99. The second-order valence-electron chi connectivity index (χ2n) is 9.12. The second kappa shape index (κ2) is 11.8. The van der Waals surface area contributed by atoms with Crippen molar-refractivity contribution in [3.8, 4) is 11.5 Å². The number of hydrogen-bond acceptors (Lipinski definition) is 6. The molecule has 0 fully saturated rings. The Bertz CT molecular complexity index is 1950. The zero-order valence-electron chi connectivity index (χ0n) is 21.1. The monoisotopic (exact) mass is 713 g/mol. The molecule has 0 aliphatic heterocycles. The molecule has 2 heterocycles. The molecule has 204 valence electrons. The first-order valence-corrected chi connectivity index (χ1v) is 14.6. The van der Waals surface area contributed by atoms with Gasteiger partial charge in [0.05, 0.1) is 37.2 Å². The Labute approximate surface area is 263 Å². The molecule has 7 nitrogen and oxygen atoms in total. The van der Waals surface area contributed by atoms with Crippen LogP contribution in [0.3, 0.4) is 0 Å². The number of nitrogens with one attached hydrogen (secondary N) is 1. The molecular formula is C30H19Cl3IN5O2. The first-order valence-electron chi connectivity index (χ1n) is 12.4. The van der Waals surface area contributed by atoms with E-state index < -0.39 is 0 Å². The summed E-state index contributed by atoms with van der Waals surface area (Å²) in [6, 6.07) is 25.8. The highest BCUT2D eigenvalue weighted by molar-refractivity contribution is 14.1. The first-order chi connectivity index (χ1) is 19.9. The van der Waals surface area contributed by atoms with Crippen molar-refractivity contribution in [1.29, 1.82) is 0 Å². The maximum absolute atomic E-state index is 13.9. The summed E-state index contributed by atoms with van der Waals surface area (Å²) in [6.45, 7) is 0.0337. The highest BCUT2D eigenvalue weighted by Crippen LogP contribution is 2.34. The lowest BCUT2D eigenvalue weighted by molar-refractivity contribution is 0.478. The third-order valence-corrected chi connectivity index (χ3v) is 8.08. The van der Waals surface area contributed by atoms with E-state index >= 15 is 0 Å². The molecule has 0 spiro atoms. The quantitative estimate of drug-likeness (QED) is 0.167. The summed E-state index contributed by atoms with van der Waals surface area (Å²) in [6.07, 6.45) is 0.327. The molecule has 0 unspecified atom stereocenters. The Morgan fingerprint density at radius 3 is 2.39 bits per heavy atom. The lowest BCUT2D eigenvalue weighted by Crippen LogP contribution is -2.26. The summed E-state index contributed by atoms with van der Waals surface area (Å²) in [7, 11) is 0. The molecule has 0 saturated carbocycles. The van der Waals surface area contributed by atoms with Crippen molar-refractivity contribution in [3.63, 3.8) is 0 Å². The fourth-order valence-electron chi connectivity index (χ4n) is 4.45. The van der Waals surface area contributed by atoms with Gasteiger partial charge in [0.1, 0.15) is 12.4 Å². The maximum atomic E-state index is 13.9. The molecule has 4 aromatic carbocycles. The van der Waals surface area contributed by atoms with E-state index in [2.05, 4.69) is 38.1 Å². The van der Waals surface area contributed by atoms with E-state index in [0.29, 0.717) is 49.5 Å². The minimum atomic E-state index is -0.208. The predicted octanol–water partition coefficient (Wildman–Crippen LogP) is 8.39. The van der Waals surface area contributed by atoms with Crippen LogP contribution < -0.4 is 10.9 Å². The Morgan fingerprint density at radius 1 is 0.854 bits per heavy atom. The summed E-state index contributed by atoms with van der Waals surface area (Å²) in [4.78, 5) is 18.8. The Hall–Kier alpha value is -3.44. The molecule has 0 aliphatic rings. The number of rotatable bonds is 7. The number of aromatic nitrogens is 4. The van der Waals surface area contributed by atoms with Gasteiger partial charge in [-0.25, -0.2) is 4.98 Å². The standard InChI is InChI=1S/C30H19Cl3IN5O2/c31-21-8-3-2-7-19(21)29-38-37-27(41-29)16-39-26(35-25-13-12-18(34)15-20(25)30(39)40)14-17-6-1-4-11-24(17)36-28-22(32)9-5-10-23(28)33/h1-13,15,36H,14,16H2. The minimum Gasteiger partial charge on any atom is -0.419 e. The van der Waals surface area contributed by atoms with Gasteiger partial charge in [0, 0.05) is 15.7 Å². The molecule has 0 aliphatic carbocycles. The van der Waals surface area contributed by atoms with Gasteiger partial charge < -0.3 is 9.73 Å². The van der Waals surface area contributed by atoms with E-state index in [1.165, 1.54) is 0 Å². The SMILES string of the molecule is O=c1c2cc(I)ccc2nc(Cc2ccccc2Nc2c(Cl)cccc2Cl)n1Cc1nnc(-c2ccccc2Cl)o1. The van der Waals surface area contributed by atoms with Gasteiger partial charge in [-0.05, 0) is 76.7 Å². The average Bonchev–Trinajstić information content (AvgIpc) is 3.43. The van der Waals surface area contributed by atoms with Crippen molar-refractivity contribution in [3.05, 3.63) is 131 Å². The largest absolute Gasteiger partial charge is 0.419 e. The van der Waals surface area contributed by atoms with Gasteiger partial charge >= 0.3 is 0 Å². The number of para-hydroxylation sites is 2. The maximum Gasteiger partial charge on any atom is 0.261 e. The normalized spacial score (nSPS) is 11.2. The summed E-state index contributed by atoms with van der Waals surface area (Å²) in [5, 5.41) is 13.7. The van der Waals surface area contributed by atoms with E-state index in [0.717, 1.165) is 14.8 Å². The Morgan fingerprint density at radius 2 is 1.59 bits per heavy atom. The van der Waals surface area contributed by atoms with E-state index in [4.69, 9.17) is 44.2 Å². The number of halogens is 4. The zero-order chi connectivity index (χ0) is 28.5. The van der Waals surface area contributed by atoms with Gasteiger partial charge in [-0.3, -0.25) is 9.36 Å². The predicted molar refractivity (Wildman–Crippen MR) is 172 cm³/mol. The molecule has 2 aromatic heterocycles. The smallest absolute Gasteiger partial charge is 0.261 e. The molecule has 41 heavy (non-hydrogen) atoms. The zero-order valence-corrected chi connectivity index (χ0v) is 25.5. The van der Waals surface area contributed by atoms with E-state index in [1.54, 1.807) is 34.9 Å². The molecular weight excluding hydrogens is 696 g/mol. The van der Waals surface area contributed by atoms with Crippen molar-refractivity contribution < 1.29 is 4.42 Å². The van der Waals surface area contributed by atoms with Crippen LogP contribution in [0, 0.1) is 3.57 Å². The highest BCUT2D eigenvalue weighted by atomic mass is 127. The first kappa shape index (κ1) is 27.7. The van der Waals surface area contributed by atoms with E-state index in [-0.39, 0.29) is 23.9 Å². The molecule has 0 radical (unpaired) electrons. The minimum absolute atomic E-state index is 0.0337. The molecule has 6 aromatic rings. The summed E-state index contributed by atoms with van der Waals surface area (Å²) in [5.74, 6) is 1.06. The van der Waals surface area contributed by atoms with Crippen LogP contribution >= 0.6 is 57.4 Å². The van der Waals surface area contributed by atoms with Crippen molar-refractivity contribution >= 4 is 79.7 Å². The van der Waals surface area contributed by atoms with Gasteiger partial charge in [-0.2, -0.15) is 0 Å². The van der Waals surface area contributed by atoms with E-state index in [9.17, 15) is 4.79 Å². The van der Waals surface area contributed by atoms with Gasteiger partial charge in [0.25, 0.3) is 5.56 Å². The number of fused-ring (bicyclic) bond motifs is 1. The van der Waals surface area contributed by atoms with Crippen molar-refractivity contribution in [2.24, 2.45) is 0 Å². The number of hydrogen-bond donors (Lipinski definition) is 1. The second-order valence-corrected chi connectivity index (χ2v) is 11.6. The lowest BCUT2D eigenvalue weighted by atomic mass is 10.1. The van der Waals surface area contributed by atoms with E-state index in [1.807, 2.05) is 54.6 Å². The summed E-state index contributed by atoms with van der Waals surface area (Å²) < 4.78 is 8.44. The third kappa shape index (κ3) is 5.83. The third-order valence-electron chi connectivity index (χ3n) is 6.45. The molecule has 1 N–H and O–H groups in total. The topological polar surface area (TPSA) is 85.8 Å². The molecule has 6 rings (SSSR count). The van der Waals surface area contributed by atoms with Gasteiger partial charge in [-0.15, -0.1) is 10.2 Å². The van der Waals surface area contributed by atoms with Gasteiger partial charge in [0.2, 0.25) is 11.8 Å². The number of nitrogens with zero attached hydrogens (tertiary/aromatic N) is 4. The van der Waals surface area contributed by atoms with Crippen LogP contribution in [0.25, 0.3) is 22.4 Å². The van der Waals surface area contributed by atoms with Crippen LogP contribution in [-0.4, -0.2) is 19.7 Å². The van der Waals surface area contributed by atoms with Crippen LogP contribution in [0.2, 0.25) is 15.1 Å². The van der Waals surface area contributed by atoms with Crippen LogP contribution in [-0.2, 0) is 13.0 Å². The fourth-order valence-corrected chi connectivity index (χ4v) is 5.65. The van der Waals surface area contributed by atoms with Crippen LogP contribution in [0.15, 0.2) is 94.1 Å². The molecule has 0 atom stereocenters. The number of benzene rings is 4. The molecule has 11 heteroatoms. The molecule has 0 saturated heterocycles. The van der Waals surface area contributed by atoms with Crippen LogP contribution in [0.5, 0.6) is 0 Å². The molecule has 0 bridgehead atoms. The molecule has 0 amide bonds. The van der Waals surface area contributed by atoms with Crippen LogP contribution in [0.1, 0.15) is 17.3 Å². The van der Waals surface area contributed by atoms with Gasteiger partial charge in [-0.1, -0.05) is 71.2 Å². The highest BCUT2D eigenvalue weighted by Gasteiger charge is 2.18. The Balaban J connectivity index is 1.42. The summed E-state index contributed by atoms with van der Waals surface area (Å²) in [5.41, 5.74) is 3.27. The summed E-state index contributed by atoms with van der Waals surface area (Å²) >= 11 is 21.4. The average molecular weight is 715 g/mol. The van der Waals surface area contributed by atoms with Gasteiger partial charge in [0.15, 0.2) is 0 Å². The van der Waals surface area contributed by atoms with Crippen molar-refractivity contribution in [2.75, 3.05) is 5.32 Å². The lowest BCUT2D eigenvalue weighted by Gasteiger charge is -2.16. The fraction of sp³-hybridized carbons (Fsp3) is 0.0667. The van der Waals surface area contributed by atoms with Crippen molar-refractivity contribution in [1.82, 2.24) is 19.7 Å². The number of anilines is 2. The van der Waals surface area contributed by atoms with Crippen LogP contribution in [0.4, 0.5) is 11.4 Å².